The van der Waals surface area contributed by atoms with Crippen molar-refractivity contribution in [3.63, 3.8) is 0 Å². The van der Waals surface area contributed by atoms with Gasteiger partial charge in [0.05, 0.1) is 17.3 Å². The third kappa shape index (κ3) is 1.82. The van der Waals surface area contributed by atoms with Gasteiger partial charge in [-0.1, -0.05) is 11.3 Å². The molecule has 3 nitrogen and oxygen atoms in total. The summed E-state index contributed by atoms with van der Waals surface area (Å²) in [6.07, 6.45) is 0. The molecule has 0 aliphatic heterocycles. The van der Waals surface area contributed by atoms with E-state index in [1.807, 2.05) is 19.1 Å². The molecule has 0 aliphatic carbocycles. The normalized spacial score (nSPS) is 10.9. The Morgan fingerprint density at radius 2 is 2.31 bits per heavy atom. The average Bonchev–Trinajstić information content (AvgIpc) is 2.44. The summed E-state index contributed by atoms with van der Waals surface area (Å²) < 4.78 is 4.59. The van der Waals surface area contributed by atoms with Crippen LogP contribution in [-0.4, -0.2) is 9.97 Å². The maximum absolute atomic E-state index is 4.59. The van der Waals surface area contributed by atoms with Crippen molar-refractivity contribution in [2.45, 2.75) is 13.5 Å². The van der Waals surface area contributed by atoms with Gasteiger partial charge in [0.2, 0.25) is 0 Å². The van der Waals surface area contributed by atoms with E-state index in [2.05, 4.69) is 27.1 Å². The van der Waals surface area contributed by atoms with E-state index in [0.717, 1.165) is 21.0 Å². The molecule has 2 aromatic rings. The highest BCUT2D eigenvalue weighted by atomic mass is 32.1. The van der Waals surface area contributed by atoms with Gasteiger partial charge in [-0.15, -0.1) is 0 Å². The lowest BCUT2D eigenvalue weighted by Gasteiger charge is -2.05. The molecule has 0 spiro atoms. The summed E-state index contributed by atoms with van der Waals surface area (Å²) in [5.41, 5.74) is 1.79. The molecule has 5 heteroatoms. The number of hydrogen-bond acceptors (Lipinski definition) is 5. The Bertz CT molecular complexity index is 427. The van der Waals surface area contributed by atoms with Gasteiger partial charge in [0.15, 0.2) is 0 Å². The SMILES string of the molecule is Cc1nc2ccc(CO[S-])nc2s1. The van der Waals surface area contributed by atoms with Gasteiger partial charge in [0.25, 0.3) is 0 Å². The van der Waals surface area contributed by atoms with Crippen LogP contribution in [0.15, 0.2) is 12.1 Å². The second-order valence-electron chi connectivity index (χ2n) is 2.62. The highest BCUT2D eigenvalue weighted by Gasteiger charge is 2.01. The van der Waals surface area contributed by atoms with Crippen LogP contribution in [0.5, 0.6) is 0 Å². The predicted octanol–water partition coefficient (Wildman–Crippen LogP) is 1.98. The molecule has 0 amide bonds. The lowest BCUT2D eigenvalue weighted by atomic mass is 10.3. The molecule has 0 unspecified atom stereocenters. The van der Waals surface area contributed by atoms with Crippen molar-refractivity contribution in [1.29, 1.82) is 0 Å². The summed E-state index contributed by atoms with van der Waals surface area (Å²) in [4.78, 5) is 9.60. The van der Waals surface area contributed by atoms with E-state index >= 15 is 0 Å². The quantitative estimate of drug-likeness (QED) is 0.711. The smallest absolute Gasteiger partial charge is 0.143 e. The molecule has 13 heavy (non-hydrogen) atoms. The van der Waals surface area contributed by atoms with Crippen LogP contribution >= 0.6 is 11.3 Å². The third-order valence-electron chi connectivity index (χ3n) is 1.63. The Labute approximate surface area is 85.4 Å². The van der Waals surface area contributed by atoms with Crippen molar-refractivity contribution in [3.8, 4) is 0 Å². The number of aromatic nitrogens is 2. The summed E-state index contributed by atoms with van der Waals surface area (Å²) >= 11 is 5.99. The average molecular weight is 211 g/mol. The van der Waals surface area contributed by atoms with Crippen LogP contribution in [0.2, 0.25) is 0 Å². The molecule has 0 N–H and O–H groups in total. The highest BCUT2D eigenvalue weighted by Crippen LogP contribution is 2.19. The number of rotatable bonds is 2. The van der Waals surface area contributed by atoms with E-state index in [1.54, 1.807) is 11.3 Å². The summed E-state index contributed by atoms with van der Waals surface area (Å²) in [6, 6.07) is 3.82. The molecule has 0 aromatic carbocycles. The molecule has 0 fully saturated rings. The fourth-order valence-electron chi connectivity index (χ4n) is 1.10. The van der Waals surface area contributed by atoms with Crippen LogP contribution in [0.25, 0.3) is 10.3 Å². The van der Waals surface area contributed by atoms with Crippen LogP contribution in [-0.2, 0) is 23.7 Å². The number of nitrogens with zero attached hydrogens (tertiary/aromatic N) is 2. The molecular weight excluding hydrogens is 204 g/mol. The van der Waals surface area contributed by atoms with Crippen molar-refractivity contribution >= 4 is 34.6 Å². The van der Waals surface area contributed by atoms with Crippen LogP contribution in [0.4, 0.5) is 0 Å². The fraction of sp³-hybridized carbons (Fsp3) is 0.250. The van der Waals surface area contributed by atoms with E-state index in [4.69, 9.17) is 0 Å². The molecule has 0 bridgehead atoms. The topological polar surface area (TPSA) is 35.0 Å². The minimum Gasteiger partial charge on any atom is -0.623 e. The molecule has 0 saturated heterocycles. The lowest BCUT2D eigenvalue weighted by molar-refractivity contribution is 0.363. The Morgan fingerprint density at radius 3 is 3.08 bits per heavy atom. The molecule has 2 rings (SSSR count). The van der Waals surface area contributed by atoms with Crippen molar-refractivity contribution < 1.29 is 4.18 Å². The summed E-state index contributed by atoms with van der Waals surface area (Å²) in [5.74, 6) is 0. The zero-order chi connectivity index (χ0) is 9.26. The van der Waals surface area contributed by atoms with Gasteiger partial charge in [-0.25, -0.2) is 9.97 Å². The van der Waals surface area contributed by atoms with Gasteiger partial charge < -0.3 is 17.1 Å². The van der Waals surface area contributed by atoms with Gasteiger partial charge in [0.1, 0.15) is 10.3 Å². The van der Waals surface area contributed by atoms with Crippen molar-refractivity contribution in [2.24, 2.45) is 0 Å². The first-order valence-corrected chi connectivity index (χ1v) is 4.92. The molecule has 0 aliphatic rings. The maximum atomic E-state index is 4.59. The number of pyridine rings is 1. The van der Waals surface area contributed by atoms with E-state index < -0.39 is 0 Å². The Kier molecular flexibility index (Phi) is 2.48. The van der Waals surface area contributed by atoms with Gasteiger partial charge in [-0.3, -0.25) is 0 Å². The van der Waals surface area contributed by atoms with Crippen molar-refractivity contribution in [3.05, 3.63) is 22.8 Å². The van der Waals surface area contributed by atoms with Crippen LogP contribution in [0.3, 0.4) is 0 Å². The largest absolute Gasteiger partial charge is 0.623 e. The van der Waals surface area contributed by atoms with Crippen LogP contribution in [0.1, 0.15) is 10.7 Å². The summed E-state index contributed by atoms with van der Waals surface area (Å²) in [5, 5.41) is 1.03. The maximum Gasteiger partial charge on any atom is 0.143 e. The van der Waals surface area contributed by atoms with Gasteiger partial charge in [-0.05, 0) is 19.1 Å². The van der Waals surface area contributed by atoms with Crippen molar-refractivity contribution in [2.75, 3.05) is 0 Å². The van der Waals surface area contributed by atoms with E-state index in [-0.39, 0.29) is 0 Å². The monoisotopic (exact) mass is 211 g/mol. The number of aryl methyl sites for hydroxylation is 1. The molecule has 2 aromatic heterocycles. The van der Waals surface area contributed by atoms with Crippen LogP contribution in [0, 0.1) is 6.92 Å². The zero-order valence-corrected chi connectivity index (χ0v) is 8.61. The first-order chi connectivity index (χ1) is 6.29. The van der Waals surface area contributed by atoms with Gasteiger partial charge in [-0.2, -0.15) is 0 Å². The number of hydrogen-bond donors (Lipinski definition) is 0. The Balaban J connectivity index is 2.48. The Morgan fingerprint density at radius 1 is 1.46 bits per heavy atom. The van der Waals surface area contributed by atoms with Crippen LogP contribution < -0.4 is 0 Å². The fourth-order valence-corrected chi connectivity index (χ4v) is 2.03. The molecule has 0 saturated carbocycles. The second kappa shape index (κ2) is 3.61. The van der Waals surface area contributed by atoms with Gasteiger partial charge in [0, 0.05) is 0 Å². The van der Waals surface area contributed by atoms with E-state index in [9.17, 15) is 0 Å². The number of fused-ring (bicyclic) bond motifs is 1. The molecule has 2 heterocycles. The van der Waals surface area contributed by atoms with Crippen molar-refractivity contribution in [1.82, 2.24) is 9.97 Å². The highest BCUT2D eigenvalue weighted by molar-refractivity contribution is 7.53. The third-order valence-corrected chi connectivity index (χ3v) is 2.63. The Hall–Kier alpha value is -0.650. The minimum absolute atomic E-state index is 0.377. The summed E-state index contributed by atoms with van der Waals surface area (Å²) in [7, 11) is 0. The number of thiazole rings is 1. The predicted molar refractivity (Wildman–Crippen MR) is 54.3 cm³/mol. The second-order valence-corrected chi connectivity index (χ2v) is 4.04. The standard InChI is InChI=1S/C8H8N2OS2/c1-5-9-7-3-2-6(4-11-12)10-8(7)13-5/h2-3,12H,4H2,1H3/p-1. The van der Waals surface area contributed by atoms with Gasteiger partial charge >= 0.3 is 0 Å². The lowest BCUT2D eigenvalue weighted by Crippen LogP contribution is -1.89. The molecular formula is C8H7N2OS2-. The molecule has 0 atom stereocenters. The first kappa shape index (κ1) is 8.93. The van der Waals surface area contributed by atoms with E-state index in [1.165, 1.54) is 0 Å². The zero-order valence-electron chi connectivity index (χ0n) is 6.98. The molecule has 0 radical (unpaired) electrons. The first-order valence-electron chi connectivity index (χ1n) is 3.77. The molecule has 68 valence electrons. The van der Waals surface area contributed by atoms with E-state index in [0.29, 0.717) is 6.61 Å². The summed E-state index contributed by atoms with van der Waals surface area (Å²) in [6.45, 7) is 2.35. The minimum atomic E-state index is 0.377.